The summed E-state index contributed by atoms with van der Waals surface area (Å²) in [7, 11) is 1.52. The quantitative estimate of drug-likeness (QED) is 0.383. The van der Waals surface area contributed by atoms with Crippen LogP contribution in [0.5, 0.6) is 11.6 Å². The first-order valence-electron chi connectivity index (χ1n) is 13.6. The van der Waals surface area contributed by atoms with Crippen molar-refractivity contribution in [3.63, 3.8) is 0 Å². The molecule has 39 heavy (non-hydrogen) atoms. The van der Waals surface area contributed by atoms with Crippen LogP contribution in [0.1, 0.15) is 67.1 Å². The number of aromatic nitrogens is 1. The fraction of sp³-hybridized carbons (Fsp3) is 0.419. The third kappa shape index (κ3) is 5.92. The number of carbonyl (C=O) groups is 1. The normalized spacial score (nSPS) is 19.0. The van der Waals surface area contributed by atoms with E-state index in [1.165, 1.54) is 26.7 Å². The molecular formula is C31H35FN2O5. The number of ether oxygens (including phenoxy) is 2. The average Bonchev–Trinajstić information content (AvgIpc) is 2.96. The monoisotopic (exact) mass is 534 g/mol. The molecule has 7 nitrogen and oxygen atoms in total. The van der Waals surface area contributed by atoms with Gasteiger partial charge in [0, 0.05) is 18.2 Å². The molecule has 8 heteroatoms. The van der Waals surface area contributed by atoms with Crippen molar-refractivity contribution in [2.24, 2.45) is 5.92 Å². The van der Waals surface area contributed by atoms with Crippen LogP contribution in [0.4, 0.5) is 4.39 Å². The van der Waals surface area contributed by atoms with Crippen LogP contribution in [0.25, 0.3) is 11.1 Å². The summed E-state index contributed by atoms with van der Waals surface area (Å²) in [4.78, 5) is 17.8. The number of aliphatic hydroxyl groups excluding tert-OH is 1. The predicted molar refractivity (Wildman–Crippen MR) is 145 cm³/mol. The maximum absolute atomic E-state index is 15.0. The Balaban J connectivity index is 1.46. The second kappa shape index (κ2) is 11.7. The Morgan fingerprint density at radius 2 is 1.95 bits per heavy atom. The molecule has 0 amide bonds. The summed E-state index contributed by atoms with van der Waals surface area (Å²) in [6.07, 6.45) is 4.98. The molecule has 3 aromatic rings. The van der Waals surface area contributed by atoms with Crippen molar-refractivity contribution in [1.29, 1.82) is 0 Å². The van der Waals surface area contributed by atoms with Gasteiger partial charge in [-0.3, -0.25) is 9.69 Å². The zero-order chi connectivity index (χ0) is 27.5. The smallest absolute Gasteiger partial charge is 0.309 e. The number of pyridine rings is 1. The van der Waals surface area contributed by atoms with Crippen LogP contribution in [0.15, 0.2) is 48.7 Å². The highest BCUT2D eigenvalue weighted by molar-refractivity contribution is 5.71. The van der Waals surface area contributed by atoms with E-state index in [1.54, 1.807) is 18.2 Å². The van der Waals surface area contributed by atoms with Gasteiger partial charge in [0.15, 0.2) is 0 Å². The van der Waals surface area contributed by atoms with Gasteiger partial charge in [0.2, 0.25) is 5.88 Å². The van der Waals surface area contributed by atoms with E-state index in [-0.39, 0.29) is 6.10 Å². The largest absolute Gasteiger partial charge is 0.485 e. The van der Waals surface area contributed by atoms with E-state index in [2.05, 4.69) is 16.0 Å². The Morgan fingerprint density at radius 1 is 1.15 bits per heavy atom. The van der Waals surface area contributed by atoms with Crippen LogP contribution in [0.2, 0.25) is 0 Å². The highest BCUT2D eigenvalue weighted by Crippen LogP contribution is 2.39. The number of fused-ring (bicyclic) bond motifs is 1. The van der Waals surface area contributed by atoms with Crippen LogP contribution in [-0.2, 0) is 17.8 Å². The summed E-state index contributed by atoms with van der Waals surface area (Å²) in [5.41, 5.74) is 4.85. The summed E-state index contributed by atoms with van der Waals surface area (Å²) < 4.78 is 26.7. The summed E-state index contributed by atoms with van der Waals surface area (Å²) in [6, 6.07) is 13.1. The molecule has 0 aliphatic carbocycles. The summed E-state index contributed by atoms with van der Waals surface area (Å²) in [5, 5.41) is 19.9. The molecule has 1 fully saturated rings. The molecule has 5 rings (SSSR count). The van der Waals surface area contributed by atoms with E-state index in [0.717, 1.165) is 61.0 Å². The van der Waals surface area contributed by atoms with Crippen molar-refractivity contribution in [3.8, 4) is 22.8 Å². The van der Waals surface area contributed by atoms with Crippen molar-refractivity contribution < 1.29 is 28.9 Å². The van der Waals surface area contributed by atoms with E-state index in [0.29, 0.717) is 29.3 Å². The SMILES string of the molecule is COc1cc(-c2ccc([C@@H]3CCc4ccc([C@H](O)[C@H](C)C(=O)O)cc4O3)cc2CN2CCCCC2)c(F)cn1. The first-order chi connectivity index (χ1) is 18.8. The lowest BCUT2D eigenvalue weighted by Crippen LogP contribution is -2.29. The van der Waals surface area contributed by atoms with Gasteiger partial charge in [-0.15, -0.1) is 0 Å². The lowest BCUT2D eigenvalue weighted by molar-refractivity contribution is -0.145. The van der Waals surface area contributed by atoms with Gasteiger partial charge in [0.05, 0.1) is 25.3 Å². The molecule has 2 aromatic carbocycles. The molecule has 2 aliphatic heterocycles. The summed E-state index contributed by atoms with van der Waals surface area (Å²) in [5.74, 6) is -1.36. The van der Waals surface area contributed by atoms with Gasteiger partial charge in [0.1, 0.15) is 17.7 Å². The standard InChI is InChI=1S/C31H35FN2O5/c1-19(31(36)37)30(35)22-7-6-20-9-11-27(39-28(20)15-22)21-8-10-24(25-16-29(38-2)33-17-26(25)32)23(14-21)18-34-12-4-3-5-13-34/h6-8,10,14-17,19,27,30,35H,3-5,9,11-13,18H2,1-2H3,(H,36,37)/t19-,27-,30+/m0/s1. The van der Waals surface area contributed by atoms with E-state index in [1.807, 2.05) is 18.2 Å². The number of halogens is 1. The van der Waals surface area contributed by atoms with Gasteiger partial charge < -0.3 is 19.7 Å². The molecule has 0 unspecified atom stereocenters. The highest BCUT2D eigenvalue weighted by atomic mass is 19.1. The van der Waals surface area contributed by atoms with Crippen molar-refractivity contribution in [1.82, 2.24) is 9.88 Å². The number of piperidine rings is 1. The van der Waals surface area contributed by atoms with E-state index in [4.69, 9.17) is 9.47 Å². The average molecular weight is 535 g/mol. The molecule has 0 saturated carbocycles. The second-order valence-electron chi connectivity index (χ2n) is 10.5. The van der Waals surface area contributed by atoms with Gasteiger partial charge in [-0.2, -0.15) is 0 Å². The van der Waals surface area contributed by atoms with E-state index in [9.17, 15) is 19.4 Å². The maximum atomic E-state index is 15.0. The number of rotatable bonds is 8. The highest BCUT2D eigenvalue weighted by Gasteiger charge is 2.27. The Bertz CT molecular complexity index is 1340. The third-order valence-electron chi connectivity index (χ3n) is 7.91. The summed E-state index contributed by atoms with van der Waals surface area (Å²) in [6.45, 7) is 4.22. The minimum absolute atomic E-state index is 0.215. The fourth-order valence-electron chi connectivity index (χ4n) is 5.53. The minimum Gasteiger partial charge on any atom is -0.485 e. The molecule has 206 valence electrons. The van der Waals surface area contributed by atoms with Gasteiger partial charge >= 0.3 is 5.97 Å². The summed E-state index contributed by atoms with van der Waals surface area (Å²) >= 11 is 0. The van der Waals surface area contributed by atoms with Crippen LogP contribution in [0, 0.1) is 11.7 Å². The molecular weight excluding hydrogens is 499 g/mol. The number of carboxylic acids is 1. The Hall–Kier alpha value is -3.49. The lowest BCUT2D eigenvalue weighted by Gasteiger charge is -2.30. The van der Waals surface area contributed by atoms with Crippen molar-refractivity contribution >= 4 is 5.97 Å². The van der Waals surface area contributed by atoms with Crippen molar-refractivity contribution in [2.75, 3.05) is 20.2 Å². The van der Waals surface area contributed by atoms with E-state index >= 15 is 0 Å². The second-order valence-corrected chi connectivity index (χ2v) is 10.5. The van der Waals surface area contributed by atoms with Crippen molar-refractivity contribution in [3.05, 3.63) is 76.7 Å². The number of carboxylic acid groups (broad SMARTS) is 1. The number of hydrogen-bond acceptors (Lipinski definition) is 6. The minimum atomic E-state index is -1.13. The predicted octanol–water partition coefficient (Wildman–Crippen LogP) is 5.70. The number of likely N-dealkylation sites (tertiary alicyclic amines) is 1. The lowest BCUT2D eigenvalue weighted by atomic mass is 9.91. The zero-order valence-electron chi connectivity index (χ0n) is 22.4. The van der Waals surface area contributed by atoms with Crippen molar-refractivity contribution in [2.45, 2.75) is 57.8 Å². The third-order valence-corrected chi connectivity index (χ3v) is 7.91. The fourth-order valence-corrected chi connectivity index (χ4v) is 5.53. The molecule has 3 heterocycles. The molecule has 0 radical (unpaired) electrons. The molecule has 3 atom stereocenters. The van der Waals surface area contributed by atoms with E-state index < -0.39 is 23.8 Å². The van der Waals surface area contributed by atoms with Crippen LogP contribution in [-0.4, -0.2) is 46.3 Å². The number of nitrogens with zero attached hydrogens (tertiary/aromatic N) is 2. The number of aliphatic carboxylic acids is 1. The Morgan fingerprint density at radius 3 is 2.69 bits per heavy atom. The zero-order valence-corrected chi connectivity index (χ0v) is 22.4. The van der Waals surface area contributed by atoms with Gasteiger partial charge in [-0.25, -0.2) is 9.37 Å². The first-order valence-corrected chi connectivity index (χ1v) is 13.6. The van der Waals surface area contributed by atoms with Crippen LogP contribution >= 0.6 is 0 Å². The topological polar surface area (TPSA) is 92.1 Å². The van der Waals surface area contributed by atoms with Crippen LogP contribution in [0.3, 0.4) is 0 Å². The molecule has 0 bridgehead atoms. The molecule has 0 spiro atoms. The molecule has 1 saturated heterocycles. The van der Waals surface area contributed by atoms with Gasteiger partial charge in [-0.05, 0) is 79.6 Å². The Labute approximate surface area is 228 Å². The van der Waals surface area contributed by atoms with Gasteiger partial charge in [-0.1, -0.05) is 36.8 Å². The van der Waals surface area contributed by atoms with Crippen LogP contribution < -0.4 is 9.47 Å². The maximum Gasteiger partial charge on any atom is 0.309 e. The molecule has 1 aromatic heterocycles. The Kier molecular flexibility index (Phi) is 8.14. The first kappa shape index (κ1) is 27.1. The number of aryl methyl sites for hydroxylation is 1. The number of methoxy groups -OCH3 is 1. The number of aliphatic hydroxyl groups is 1. The van der Waals surface area contributed by atoms with Gasteiger partial charge in [0.25, 0.3) is 0 Å². The molecule has 2 N–H and O–H groups in total. The number of hydrogen-bond donors (Lipinski definition) is 2. The number of benzene rings is 2. The molecule has 2 aliphatic rings.